The number of amides is 1. The summed E-state index contributed by atoms with van der Waals surface area (Å²) < 4.78 is 0. The lowest BCUT2D eigenvalue weighted by molar-refractivity contribution is 0.0708. The van der Waals surface area contributed by atoms with Crippen LogP contribution in [-0.2, 0) is 0 Å². The van der Waals surface area contributed by atoms with Gasteiger partial charge in [-0.15, -0.1) is 0 Å². The van der Waals surface area contributed by atoms with Crippen LogP contribution in [0.4, 0.5) is 0 Å². The maximum Gasteiger partial charge on any atom is 0.254 e. The number of carbonyl (C=O) groups is 1. The third kappa shape index (κ3) is 2.61. The summed E-state index contributed by atoms with van der Waals surface area (Å²) in [6.45, 7) is 12.2. The van der Waals surface area contributed by atoms with Crippen molar-refractivity contribution in [3.63, 3.8) is 0 Å². The number of carbonyl (C=O) groups excluding carboxylic acids is 1. The fourth-order valence-electron chi connectivity index (χ4n) is 4.74. The Kier molecular flexibility index (Phi) is 3.20. The molecule has 1 aromatic rings. The Balaban J connectivity index is 1.87. The van der Waals surface area contributed by atoms with Crippen LogP contribution < -0.4 is 0 Å². The van der Waals surface area contributed by atoms with Crippen LogP contribution in [0, 0.1) is 24.7 Å². The molecule has 2 atom stereocenters. The topological polar surface area (TPSA) is 20.3 Å². The van der Waals surface area contributed by atoms with E-state index in [4.69, 9.17) is 0 Å². The van der Waals surface area contributed by atoms with Crippen molar-refractivity contribution in [3.05, 3.63) is 34.9 Å². The van der Waals surface area contributed by atoms with Crippen LogP contribution >= 0.6 is 0 Å². The molecule has 2 fully saturated rings. The van der Waals surface area contributed by atoms with Gasteiger partial charge in [-0.2, -0.15) is 0 Å². The highest BCUT2D eigenvalue weighted by atomic mass is 16.2. The second kappa shape index (κ2) is 4.59. The zero-order valence-corrected chi connectivity index (χ0v) is 14.0. The summed E-state index contributed by atoms with van der Waals surface area (Å²) in [6, 6.07) is 6.53. The molecule has 1 aromatic carbocycles. The summed E-state index contributed by atoms with van der Waals surface area (Å²) in [7, 11) is 0. The first kappa shape index (κ1) is 14.6. The number of fused-ring (bicyclic) bond motifs is 2. The van der Waals surface area contributed by atoms with E-state index in [9.17, 15) is 4.79 Å². The van der Waals surface area contributed by atoms with E-state index in [1.54, 1.807) is 0 Å². The summed E-state index contributed by atoms with van der Waals surface area (Å²) in [5, 5.41) is 0. The minimum atomic E-state index is 0.226. The molecule has 3 rings (SSSR count). The normalized spacial score (nSPS) is 30.5. The molecule has 2 nitrogen and oxygen atoms in total. The number of likely N-dealkylation sites (tertiary alicyclic amines) is 1. The molecule has 1 saturated carbocycles. The van der Waals surface area contributed by atoms with Crippen molar-refractivity contribution in [1.82, 2.24) is 4.90 Å². The lowest BCUT2D eigenvalue weighted by atomic mass is 9.65. The molecule has 21 heavy (non-hydrogen) atoms. The Bertz CT molecular complexity index is 589. The van der Waals surface area contributed by atoms with E-state index in [-0.39, 0.29) is 5.91 Å². The van der Waals surface area contributed by atoms with E-state index in [1.165, 1.54) is 24.0 Å². The minimum Gasteiger partial charge on any atom is -0.335 e. The van der Waals surface area contributed by atoms with E-state index in [1.807, 2.05) is 12.1 Å². The van der Waals surface area contributed by atoms with Crippen LogP contribution in [-0.4, -0.2) is 23.4 Å². The van der Waals surface area contributed by atoms with Crippen molar-refractivity contribution < 1.29 is 4.79 Å². The number of aryl methyl sites for hydroxylation is 2. The molecule has 0 aromatic heterocycles. The van der Waals surface area contributed by atoms with Gasteiger partial charge in [-0.05, 0) is 67.2 Å². The number of rotatable bonds is 1. The average Bonchev–Trinajstić information content (AvgIpc) is 2.61. The number of nitrogens with zero attached hydrogens (tertiary/aromatic N) is 1. The van der Waals surface area contributed by atoms with Gasteiger partial charge in [-0.3, -0.25) is 4.79 Å². The molecule has 1 amide bonds. The number of hydrogen-bond acceptors (Lipinski definition) is 1. The highest BCUT2D eigenvalue weighted by Gasteiger charge is 2.50. The summed E-state index contributed by atoms with van der Waals surface area (Å²) >= 11 is 0. The predicted octanol–water partition coefficient (Wildman–Crippen LogP) is 4.34. The molecule has 2 bridgehead atoms. The third-order valence-corrected chi connectivity index (χ3v) is 5.43. The summed E-state index contributed by atoms with van der Waals surface area (Å²) in [5.74, 6) is 0.226. The maximum absolute atomic E-state index is 12.9. The molecule has 1 aliphatic carbocycles. The standard InChI is InChI=1S/C19H27NO/c1-13-6-7-15(8-14(13)2)17(21)20-12-19(5)10-16(20)9-18(3,4)11-19/h6-8,16H,9-12H2,1-5H3. The van der Waals surface area contributed by atoms with Gasteiger partial charge in [0, 0.05) is 18.2 Å². The molecule has 2 heteroatoms. The van der Waals surface area contributed by atoms with Gasteiger partial charge in [0.05, 0.1) is 0 Å². The van der Waals surface area contributed by atoms with Gasteiger partial charge < -0.3 is 4.90 Å². The molecule has 0 spiro atoms. The summed E-state index contributed by atoms with van der Waals surface area (Å²) in [5.41, 5.74) is 3.97. The largest absolute Gasteiger partial charge is 0.335 e. The van der Waals surface area contributed by atoms with Crippen LogP contribution in [0.5, 0.6) is 0 Å². The number of hydrogen-bond donors (Lipinski definition) is 0. The van der Waals surface area contributed by atoms with E-state index >= 15 is 0 Å². The third-order valence-electron chi connectivity index (χ3n) is 5.43. The van der Waals surface area contributed by atoms with Gasteiger partial charge in [0.1, 0.15) is 0 Å². The highest BCUT2D eigenvalue weighted by molar-refractivity contribution is 5.95. The van der Waals surface area contributed by atoms with Crippen molar-refractivity contribution in [1.29, 1.82) is 0 Å². The van der Waals surface area contributed by atoms with Crippen molar-refractivity contribution >= 4 is 5.91 Å². The molecular weight excluding hydrogens is 258 g/mol. The average molecular weight is 285 g/mol. The fraction of sp³-hybridized carbons (Fsp3) is 0.632. The van der Waals surface area contributed by atoms with Crippen LogP contribution in [0.2, 0.25) is 0 Å². The molecule has 1 aliphatic heterocycles. The van der Waals surface area contributed by atoms with Crippen molar-refractivity contribution in [2.24, 2.45) is 10.8 Å². The van der Waals surface area contributed by atoms with Crippen LogP contribution in [0.25, 0.3) is 0 Å². The Morgan fingerprint density at radius 2 is 1.86 bits per heavy atom. The lowest BCUT2D eigenvalue weighted by Gasteiger charge is -2.39. The van der Waals surface area contributed by atoms with Crippen molar-refractivity contribution in [3.8, 4) is 0 Å². The first-order valence-electron chi connectivity index (χ1n) is 8.07. The monoisotopic (exact) mass is 285 g/mol. The SMILES string of the molecule is Cc1ccc(C(=O)N2CC3(C)CC2CC(C)(C)C3)cc1C. The van der Waals surface area contributed by atoms with Gasteiger partial charge in [0.2, 0.25) is 0 Å². The molecule has 0 N–H and O–H groups in total. The minimum absolute atomic E-state index is 0.226. The van der Waals surface area contributed by atoms with E-state index < -0.39 is 0 Å². The second-order valence-corrected chi connectivity index (χ2v) is 8.45. The fourth-order valence-corrected chi connectivity index (χ4v) is 4.74. The van der Waals surface area contributed by atoms with Crippen LogP contribution in [0.1, 0.15) is 61.5 Å². The molecule has 2 unspecified atom stereocenters. The Labute approximate surface area is 128 Å². The smallest absolute Gasteiger partial charge is 0.254 e. The number of benzene rings is 1. The Morgan fingerprint density at radius 1 is 1.14 bits per heavy atom. The predicted molar refractivity (Wildman–Crippen MR) is 86.5 cm³/mol. The highest BCUT2D eigenvalue weighted by Crippen LogP contribution is 2.52. The van der Waals surface area contributed by atoms with Crippen LogP contribution in [0.15, 0.2) is 18.2 Å². The zero-order chi connectivity index (χ0) is 15.4. The van der Waals surface area contributed by atoms with E-state index in [0.29, 0.717) is 16.9 Å². The van der Waals surface area contributed by atoms with Gasteiger partial charge >= 0.3 is 0 Å². The van der Waals surface area contributed by atoms with Gasteiger partial charge in [0.25, 0.3) is 5.91 Å². The maximum atomic E-state index is 12.9. The first-order valence-corrected chi connectivity index (χ1v) is 8.07. The van der Waals surface area contributed by atoms with Gasteiger partial charge in [0.15, 0.2) is 0 Å². The second-order valence-electron chi connectivity index (χ2n) is 8.45. The Hall–Kier alpha value is -1.31. The van der Waals surface area contributed by atoms with Gasteiger partial charge in [-0.1, -0.05) is 26.8 Å². The van der Waals surface area contributed by atoms with E-state index in [2.05, 4.69) is 45.6 Å². The summed E-state index contributed by atoms with van der Waals surface area (Å²) in [4.78, 5) is 15.1. The lowest BCUT2D eigenvalue weighted by Crippen LogP contribution is -2.37. The Morgan fingerprint density at radius 3 is 2.52 bits per heavy atom. The molecule has 2 aliphatic rings. The molecule has 1 saturated heterocycles. The molecule has 1 heterocycles. The zero-order valence-electron chi connectivity index (χ0n) is 14.0. The van der Waals surface area contributed by atoms with E-state index in [0.717, 1.165) is 18.5 Å². The quantitative estimate of drug-likeness (QED) is 0.751. The van der Waals surface area contributed by atoms with Gasteiger partial charge in [-0.25, -0.2) is 0 Å². The van der Waals surface area contributed by atoms with Crippen LogP contribution in [0.3, 0.4) is 0 Å². The van der Waals surface area contributed by atoms with Crippen molar-refractivity contribution in [2.45, 2.75) is 59.9 Å². The molecular formula is C19H27NO. The van der Waals surface area contributed by atoms with Crippen molar-refractivity contribution in [2.75, 3.05) is 6.54 Å². The molecule has 0 radical (unpaired) electrons. The molecule has 114 valence electrons. The first-order chi connectivity index (χ1) is 9.69. The summed E-state index contributed by atoms with van der Waals surface area (Å²) in [6.07, 6.45) is 3.54.